The van der Waals surface area contributed by atoms with Crippen LogP contribution < -0.4 is 4.74 Å². The van der Waals surface area contributed by atoms with E-state index in [4.69, 9.17) is 4.74 Å². The van der Waals surface area contributed by atoms with Crippen molar-refractivity contribution in [3.05, 3.63) is 29.6 Å². The topological polar surface area (TPSA) is 36.0 Å². The average Bonchev–Trinajstić information content (AvgIpc) is 2.63. The minimum atomic E-state index is -0.475. The number of hydrogen-bond donors (Lipinski definition) is 0. The predicted octanol–water partition coefficient (Wildman–Crippen LogP) is 2.08. The maximum atomic E-state index is 14.0. The van der Waals surface area contributed by atoms with Crippen LogP contribution in [0.25, 0.3) is 0 Å². The molecule has 0 N–H and O–H groups in total. The summed E-state index contributed by atoms with van der Waals surface area (Å²) in [6, 6.07) is 5.14. The second-order valence-corrected chi connectivity index (χ2v) is 6.94. The van der Waals surface area contributed by atoms with Crippen molar-refractivity contribution in [3.8, 4) is 5.75 Å². The number of hydrogen-bond acceptors (Lipinski definition) is 4. The molecule has 2 aliphatic heterocycles. The maximum absolute atomic E-state index is 14.0. The summed E-state index contributed by atoms with van der Waals surface area (Å²) < 4.78 is 19.4. The Labute approximate surface area is 149 Å². The lowest BCUT2D eigenvalue weighted by Gasteiger charge is -2.42. The van der Waals surface area contributed by atoms with Crippen LogP contribution in [0.3, 0.4) is 0 Å². The first-order chi connectivity index (χ1) is 12.1. The number of amides is 1. The molecule has 0 aliphatic carbocycles. The van der Waals surface area contributed by atoms with Gasteiger partial charge in [-0.05, 0) is 45.5 Å². The molecule has 0 bridgehead atoms. The van der Waals surface area contributed by atoms with E-state index in [2.05, 4.69) is 16.8 Å². The van der Waals surface area contributed by atoms with Crippen molar-refractivity contribution in [2.24, 2.45) is 0 Å². The van der Waals surface area contributed by atoms with Crippen molar-refractivity contribution >= 4 is 5.91 Å². The molecule has 5 nitrogen and oxygen atoms in total. The van der Waals surface area contributed by atoms with Crippen molar-refractivity contribution < 1.29 is 13.9 Å². The van der Waals surface area contributed by atoms with Gasteiger partial charge in [-0.1, -0.05) is 6.07 Å². The second-order valence-electron chi connectivity index (χ2n) is 6.94. The van der Waals surface area contributed by atoms with E-state index in [0.29, 0.717) is 31.3 Å². The van der Waals surface area contributed by atoms with Gasteiger partial charge in [0.25, 0.3) is 5.91 Å². The minimum Gasteiger partial charge on any atom is -0.490 e. The zero-order valence-electron chi connectivity index (χ0n) is 15.2. The molecule has 0 radical (unpaired) electrons. The van der Waals surface area contributed by atoms with Crippen LogP contribution in [-0.2, 0) is 0 Å². The molecule has 0 spiro atoms. The molecular weight excluding hydrogens is 321 g/mol. The average molecular weight is 349 g/mol. The van der Waals surface area contributed by atoms with E-state index < -0.39 is 5.82 Å². The lowest BCUT2D eigenvalue weighted by atomic mass is 10.0. The highest BCUT2D eigenvalue weighted by Crippen LogP contribution is 2.25. The maximum Gasteiger partial charge on any atom is 0.257 e. The van der Waals surface area contributed by atoms with E-state index in [1.807, 2.05) is 4.90 Å². The normalized spacial score (nSPS) is 22.8. The van der Waals surface area contributed by atoms with Gasteiger partial charge < -0.3 is 14.5 Å². The summed E-state index contributed by atoms with van der Waals surface area (Å²) >= 11 is 0. The van der Waals surface area contributed by atoms with Crippen LogP contribution in [-0.4, -0.2) is 79.6 Å². The molecule has 6 heteroatoms. The molecule has 1 amide bonds. The number of likely N-dealkylation sites (tertiary alicyclic amines) is 1. The number of ether oxygens (including phenoxy) is 1. The highest BCUT2D eigenvalue weighted by Gasteiger charge is 2.30. The van der Waals surface area contributed by atoms with Crippen molar-refractivity contribution in [1.29, 1.82) is 0 Å². The third kappa shape index (κ3) is 4.12. The van der Waals surface area contributed by atoms with E-state index in [1.54, 1.807) is 19.1 Å². The lowest BCUT2D eigenvalue weighted by Crippen LogP contribution is -2.55. The number of halogens is 1. The minimum absolute atomic E-state index is 0.0753. The molecule has 2 heterocycles. The summed E-state index contributed by atoms with van der Waals surface area (Å²) in [6.45, 7) is 7.53. The highest BCUT2D eigenvalue weighted by molar-refractivity contribution is 5.97. The Hall–Kier alpha value is -1.66. The molecule has 2 aliphatic rings. The van der Waals surface area contributed by atoms with Crippen LogP contribution in [0.4, 0.5) is 4.39 Å². The number of carbonyl (C=O) groups excluding carboxylic acids is 1. The van der Waals surface area contributed by atoms with Crippen LogP contribution in [0.2, 0.25) is 0 Å². The number of carbonyl (C=O) groups is 1. The lowest BCUT2D eigenvalue weighted by molar-refractivity contribution is 0.0449. The Balaban J connectivity index is 1.63. The van der Waals surface area contributed by atoms with Gasteiger partial charge in [0.15, 0.2) is 11.6 Å². The predicted molar refractivity (Wildman–Crippen MR) is 95.6 cm³/mol. The fraction of sp³-hybridized carbons (Fsp3) is 0.632. The fourth-order valence-electron chi connectivity index (χ4n) is 3.87. The number of piperazine rings is 1. The standard InChI is InChI=1S/C19H28FN3O2/c1-3-25-18-16(7-4-8-17(18)20)19(24)23-12-10-22(11-13-23)15-6-5-9-21(2)14-15/h4,7-8,15H,3,5-6,9-14H2,1-2H3/t15-/m1/s1. The van der Waals surface area contributed by atoms with Gasteiger partial charge in [-0.2, -0.15) is 0 Å². The van der Waals surface area contributed by atoms with E-state index in [1.165, 1.54) is 25.5 Å². The molecule has 3 rings (SSSR count). The van der Waals surface area contributed by atoms with Gasteiger partial charge in [-0.3, -0.25) is 9.69 Å². The monoisotopic (exact) mass is 349 g/mol. The van der Waals surface area contributed by atoms with E-state index in [-0.39, 0.29) is 11.7 Å². The molecule has 1 atom stereocenters. The van der Waals surface area contributed by atoms with E-state index >= 15 is 0 Å². The third-order valence-electron chi connectivity index (χ3n) is 5.20. The smallest absolute Gasteiger partial charge is 0.257 e. The van der Waals surface area contributed by atoms with Crippen LogP contribution >= 0.6 is 0 Å². The van der Waals surface area contributed by atoms with Gasteiger partial charge >= 0.3 is 0 Å². The van der Waals surface area contributed by atoms with Gasteiger partial charge in [0.05, 0.1) is 12.2 Å². The highest BCUT2D eigenvalue weighted by atomic mass is 19.1. The molecule has 0 aromatic heterocycles. The van der Waals surface area contributed by atoms with Crippen LogP contribution in [0.5, 0.6) is 5.75 Å². The third-order valence-corrected chi connectivity index (χ3v) is 5.20. The second kappa shape index (κ2) is 8.15. The summed E-state index contributed by atoms with van der Waals surface area (Å²) in [7, 11) is 2.17. The van der Waals surface area contributed by atoms with Crippen LogP contribution in [0.15, 0.2) is 18.2 Å². The van der Waals surface area contributed by atoms with Gasteiger partial charge in [0, 0.05) is 38.8 Å². The van der Waals surface area contributed by atoms with Crippen molar-refractivity contribution in [3.63, 3.8) is 0 Å². The SMILES string of the molecule is CCOc1c(F)cccc1C(=O)N1CCN([C@@H]2CCCN(C)C2)CC1. The fourth-order valence-corrected chi connectivity index (χ4v) is 3.87. The van der Waals surface area contributed by atoms with Gasteiger partial charge in [-0.25, -0.2) is 4.39 Å². The zero-order valence-corrected chi connectivity index (χ0v) is 15.2. The molecule has 25 heavy (non-hydrogen) atoms. The zero-order chi connectivity index (χ0) is 17.8. The molecule has 0 saturated carbocycles. The molecule has 0 unspecified atom stereocenters. The van der Waals surface area contributed by atoms with Gasteiger partial charge in [0.2, 0.25) is 0 Å². The molecule has 138 valence electrons. The Morgan fingerprint density at radius 3 is 2.68 bits per heavy atom. The summed E-state index contributed by atoms with van der Waals surface area (Å²) in [5, 5.41) is 0. The summed E-state index contributed by atoms with van der Waals surface area (Å²) in [4.78, 5) is 19.5. The number of nitrogens with zero attached hydrogens (tertiary/aromatic N) is 3. The number of benzene rings is 1. The first kappa shape index (κ1) is 18.1. The summed E-state index contributed by atoms with van der Waals surface area (Å²) in [5.41, 5.74) is 0.327. The molecule has 1 aromatic rings. The number of piperidine rings is 1. The van der Waals surface area contributed by atoms with Crippen LogP contribution in [0.1, 0.15) is 30.1 Å². The Morgan fingerprint density at radius 1 is 1.24 bits per heavy atom. The Kier molecular flexibility index (Phi) is 5.91. The van der Waals surface area contributed by atoms with E-state index in [9.17, 15) is 9.18 Å². The van der Waals surface area contributed by atoms with Gasteiger partial charge in [0.1, 0.15) is 0 Å². The first-order valence-corrected chi connectivity index (χ1v) is 9.23. The Morgan fingerprint density at radius 2 is 2.00 bits per heavy atom. The van der Waals surface area contributed by atoms with Crippen molar-refractivity contribution in [2.75, 3.05) is 52.9 Å². The van der Waals surface area contributed by atoms with Crippen LogP contribution in [0, 0.1) is 5.82 Å². The quantitative estimate of drug-likeness (QED) is 0.834. The van der Waals surface area contributed by atoms with Crippen molar-refractivity contribution in [2.45, 2.75) is 25.8 Å². The number of para-hydroxylation sites is 1. The van der Waals surface area contributed by atoms with E-state index in [0.717, 1.165) is 19.6 Å². The number of likely N-dealkylation sites (N-methyl/N-ethyl adjacent to an activating group) is 1. The Bertz CT molecular complexity index is 602. The largest absolute Gasteiger partial charge is 0.490 e. The molecular formula is C19H28FN3O2. The molecule has 1 aromatic carbocycles. The summed E-state index contributed by atoms with van der Waals surface area (Å²) in [6.07, 6.45) is 2.47. The van der Waals surface area contributed by atoms with Gasteiger partial charge in [-0.15, -0.1) is 0 Å². The first-order valence-electron chi connectivity index (χ1n) is 9.23. The molecule has 2 fully saturated rings. The molecule has 2 saturated heterocycles. The van der Waals surface area contributed by atoms with Crippen molar-refractivity contribution in [1.82, 2.24) is 14.7 Å². The summed E-state index contributed by atoms with van der Waals surface area (Å²) in [5.74, 6) is -0.536. The number of rotatable bonds is 4.